The molecule has 0 spiro atoms. The first-order chi connectivity index (χ1) is 11.4. The van der Waals surface area contributed by atoms with E-state index in [4.69, 9.17) is 5.26 Å². The van der Waals surface area contributed by atoms with Gasteiger partial charge in [-0.1, -0.05) is 19.4 Å². The van der Waals surface area contributed by atoms with Gasteiger partial charge in [-0.25, -0.2) is 17.0 Å². The van der Waals surface area contributed by atoms with E-state index in [0.29, 0.717) is 11.3 Å². The molecule has 0 fully saturated rings. The largest absolute Gasteiger partial charge is 1.00 e. The number of alkyl halides is 3. The van der Waals surface area contributed by atoms with Gasteiger partial charge in [-0.2, -0.15) is 52.3 Å². The molecular formula is C19H24F3KN2O-2. The van der Waals surface area contributed by atoms with Crippen molar-refractivity contribution in [3.05, 3.63) is 35.7 Å². The molecule has 0 saturated heterocycles. The van der Waals surface area contributed by atoms with Crippen LogP contribution in [0, 0.1) is 28.7 Å². The molecule has 0 atom stereocenters. The van der Waals surface area contributed by atoms with Crippen molar-refractivity contribution in [2.24, 2.45) is 10.4 Å². The summed E-state index contributed by atoms with van der Waals surface area (Å²) in [5, 5.41) is 8.44. The van der Waals surface area contributed by atoms with Gasteiger partial charge in [0.05, 0.1) is 5.41 Å². The van der Waals surface area contributed by atoms with Gasteiger partial charge in [0, 0.05) is 12.5 Å². The van der Waals surface area contributed by atoms with Gasteiger partial charge < -0.3 is 15.7 Å². The Morgan fingerprint density at radius 2 is 1.81 bits per heavy atom. The number of nitriles is 1. The number of hydrogen-bond acceptors (Lipinski definition) is 3. The number of carbonyl (C=O) groups excluding carboxylic acids is 1. The van der Waals surface area contributed by atoms with Crippen LogP contribution in [0.3, 0.4) is 0 Å². The van der Waals surface area contributed by atoms with Crippen LogP contribution in [-0.2, 0) is 4.79 Å². The minimum Gasteiger partial charge on any atom is -0.482 e. The van der Waals surface area contributed by atoms with Crippen molar-refractivity contribution >= 4 is 18.2 Å². The first-order valence-corrected chi connectivity index (χ1v) is 7.47. The molecule has 0 unspecified atom stereocenters. The van der Waals surface area contributed by atoms with Gasteiger partial charge >= 0.3 is 57.6 Å². The van der Waals surface area contributed by atoms with Crippen LogP contribution in [0.25, 0.3) is 0 Å². The molecule has 0 radical (unpaired) electrons. The number of aliphatic imine (C=N–C) groups is 1. The number of hydrogen-bond donors (Lipinski definition) is 0. The second-order valence-electron chi connectivity index (χ2n) is 6.16. The Bertz CT molecular complexity index is 557. The van der Waals surface area contributed by atoms with Crippen LogP contribution in [-0.4, -0.2) is 18.7 Å². The van der Waals surface area contributed by atoms with E-state index in [1.807, 2.05) is 6.07 Å². The van der Waals surface area contributed by atoms with Crippen molar-refractivity contribution in [2.75, 3.05) is 0 Å². The topological polar surface area (TPSA) is 53.2 Å². The standard InChI is InChI=1S/C9H6N2.C6H9F3O.C4H9.K/c1-2-11-9-5-3-8(7-10)4-6-9;1-5(2,3-4-10)6(7,8)9;1-4(2)3;/h3-5H,1H3;4H,3H2,1-2H3;1-3H3;/q-2;;-1;+1. The molecule has 0 aliphatic rings. The fourth-order valence-corrected chi connectivity index (χ4v) is 1.00. The minimum absolute atomic E-state index is 0. The summed E-state index contributed by atoms with van der Waals surface area (Å²) in [5.41, 5.74) is -0.582. The predicted molar refractivity (Wildman–Crippen MR) is 93.5 cm³/mol. The molecule has 1 rings (SSSR count). The van der Waals surface area contributed by atoms with Crippen molar-refractivity contribution in [1.82, 2.24) is 0 Å². The average Bonchev–Trinajstić information content (AvgIpc) is 2.47. The van der Waals surface area contributed by atoms with Crippen LogP contribution in [0.4, 0.5) is 18.9 Å². The van der Waals surface area contributed by atoms with Crippen LogP contribution in [0.5, 0.6) is 0 Å². The quantitative estimate of drug-likeness (QED) is 0.344. The Labute approximate surface area is 197 Å². The third kappa shape index (κ3) is 15.7. The smallest absolute Gasteiger partial charge is 0.482 e. The zero-order chi connectivity index (χ0) is 20.1. The van der Waals surface area contributed by atoms with Crippen LogP contribution < -0.4 is 51.4 Å². The number of carbonyl (C=O) groups is 1. The van der Waals surface area contributed by atoms with E-state index >= 15 is 0 Å². The van der Waals surface area contributed by atoms with Gasteiger partial charge in [0.25, 0.3) is 0 Å². The van der Waals surface area contributed by atoms with Gasteiger partial charge in [0.2, 0.25) is 0 Å². The third-order valence-corrected chi connectivity index (χ3v) is 2.52. The number of nitrogens with zero attached hydrogens (tertiary/aromatic N) is 2. The number of benzene rings is 1. The van der Waals surface area contributed by atoms with E-state index in [0.717, 1.165) is 13.8 Å². The summed E-state index contributed by atoms with van der Waals surface area (Å²) in [7, 11) is 0. The van der Waals surface area contributed by atoms with Gasteiger partial charge in [0.15, 0.2) is 0 Å². The first-order valence-electron chi connectivity index (χ1n) is 7.47. The molecular weight excluding hydrogens is 368 g/mol. The Kier molecular flexibility index (Phi) is 18.0. The van der Waals surface area contributed by atoms with Crippen molar-refractivity contribution in [2.45, 2.75) is 54.1 Å². The molecule has 3 nitrogen and oxygen atoms in total. The zero-order valence-corrected chi connectivity index (χ0v) is 19.6. The van der Waals surface area contributed by atoms with E-state index < -0.39 is 18.0 Å². The molecule has 7 heteroatoms. The SMILES string of the molecule is CC(C)(CC=O)C(F)(F)F.C[C-](C)C.C[C-]=Nc1[c-]cc(C#N)cc1.[K+]. The van der Waals surface area contributed by atoms with E-state index in [-0.39, 0.29) is 57.7 Å². The molecule has 0 saturated carbocycles. The maximum atomic E-state index is 11.9. The predicted octanol–water partition coefficient (Wildman–Crippen LogP) is 2.75. The third-order valence-electron chi connectivity index (χ3n) is 2.52. The average molecular weight is 393 g/mol. The van der Waals surface area contributed by atoms with Crippen molar-refractivity contribution in [3.63, 3.8) is 0 Å². The molecule has 0 heterocycles. The van der Waals surface area contributed by atoms with E-state index in [9.17, 15) is 18.0 Å². The Morgan fingerprint density at radius 3 is 2.04 bits per heavy atom. The summed E-state index contributed by atoms with van der Waals surface area (Å²) < 4.78 is 35.6. The van der Waals surface area contributed by atoms with Gasteiger partial charge in [0.1, 0.15) is 6.29 Å². The summed E-state index contributed by atoms with van der Waals surface area (Å²) >= 11 is 0. The molecule has 1 aromatic carbocycles. The molecule has 1 aromatic rings. The molecule has 0 aliphatic carbocycles. The molecule has 0 aromatic heterocycles. The second-order valence-corrected chi connectivity index (χ2v) is 6.16. The van der Waals surface area contributed by atoms with Crippen LogP contribution in [0.1, 0.15) is 53.5 Å². The van der Waals surface area contributed by atoms with Crippen LogP contribution >= 0.6 is 0 Å². The van der Waals surface area contributed by atoms with E-state index in [2.05, 4.69) is 38.0 Å². The number of aldehydes is 1. The molecule has 0 bridgehead atoms. The molecule has 140 valence electrons. The Morgan fingerprint density at radius 1 is 1.31 bits per heavy atom. The normalized spacial score (nSPS) is 10.7. The minimum atomic E-state index is -4.28. The van der Waals surface area contributed by atoms with Crippen molar-refractivity contribution in [3.8, 4) is 6.07 Å². The zero-order valence-electron chi connectivity index (χ0n) is 16.5. The Hall–Kier alpha value is -0.524. The maximum absolute atomic E-state index is 11.9. The van der Waals surface area contributed by atoms with E-state index in [1.165, 1.54) is 5.92 Å². The van der Waals surface area contributed by atoms with Crippen LogP contribution in [0.2, 0.25) is 0 Å². The van der Waals surface area contributed by atoms with Crippen molar-refractivity contribution < 1.29 is 69.4 Å². The van der Waals surface area contributed by atoms with Gasteiger partial charge in [-0.3, -0.25) is 6.07 Å². The summed E-state index contributed by atoms with van der Waals surface area (Å²) in [6.45, 7) is 9.97. The van der Waals surface area contributed by atoms with E-state index in [1.54, 1.807) is 25.1 Å². The fourth-order valence-electron chi connectivity index (χ4n) is 1.00. The summed E-state index contributed by atoms with van der Waals surface area (Å²) in [6.07, 6.45) is -1.84. The number of rotatable bonds is 3. The molecule has 26 heavy (non-hydrogen) atoms. The number of halogens is 3. The van der Waals surface area contributed by atoms with Crippen molar-refractivity contribution in [1.29, 1.82) is 5.26 Å². The fraction of sp³-hybridized carbons (Fsp3) is 0.474. The molecule has 0 N–H and O–H groups in total. The summed E-state index contributed by atoms with van der Waals surface area (Å²) in [5.74, 6) is 1.42. The summed E-state index contributed by atoms with van der Waals surface area (Å²) in [6, 6.07) is 9.88. The molecule has 0 aliphatic heterocycles. The van der Waals surface area contributed by atoms with Gasteiger partial charge in [-0.05, 0) is 0 Å². The first kappa shape index (κ1) is 30.2. The second kappa shape index (κ2) is 15.5. The monoisotopic (exact) mass is 392 g/mol. The summed E-state index contributed by atoms with van der Waals surface area (Å²) in [4.78, 5) is 13.6. The van der Waals surface area contributed by atoms with Crippen LogP contribution in [0.15, 0.2) is 23.2 Å². The molecule has 0 amide bonds. The van der Waals surface area contributed by atoms with Gasteiger partial charge in [-0.15, -0.1) is 6.92 Å². The maximum Gasteiger partial charge on any atom is 1.00 e. The Balaban J connectivity index is -0.000000329.